The van der Waals surface area contributed by atoms with Gasteiger partial charge in [0, 0.05) is 12.6 Å². The first-order chi connectivity index (χ1) is 10.2. The van der Waals surface area contributed by atoms with Gasteiger partial charge in [0.2, 0.25) is 5.91 Å². The summed E-state index contributed by atoms with van der Waals surface area (Å²) < 4.78 is 38.5. The summed E-state index contributed by atoms with van der Waals surface area (Å²) in [5.74, 6) is -0.810. The number of fused-ring (bicyclic) bond motifs is 1. The van der Waals surface area contributed by atoms with Crippen LogP contribution >= 0.6 is 0 Å². The molecule has 1 heterocycles. The van der Waals surface area contributed by atoms with Crippen molar-refractivity contribution in [1.29, 1.82) is 0 Å². The van der Waals surface area contributed by atoms with Crippen LogP contribution in [0.1, 0.15) is 13.8 Å². The third-order valence-electron chi connectivity index (χ3n) is 3.54. The Hall–Kier alpha value is -1.80. The van der Waals surface area contributed by atoms with Crippen molar-refractivity contribution in [2.75, 3.05) is 22.9 Å². The second kappa shape index (κ2) is 6.13. The Bertz CT molecular complexity index is 548. The van der Waals surface area contributed by atoms with Crippen molar-refractivity contribution in [2.24, 2.45) is 0 Å². The number of hydroxylamine groups is 1. The summed E-state index contributed by atoms with van der Waals surface area (Å²) in [7, 11) is 0. The van der Waals surface area contributed by atoms with Crippen LogP contribution < -0.4 is 15.3 Å². The molecule has 0 radical (unpaired) electrons. The van der Waals surface area contributed by atoms with Crippen molar-refractivity contribution >= 4 is 17.3 Å². The van der Waals surface area contributed by atoms with Crippen molar-refractivity contribution in [2.45, 2.75) is 32.1 Å². The third kappa shape index (κ3) is 3.33. The van der Waals surface area contributed by atoms with Gasteiger partial charge < -0.3 is 10.1 Å². The van der Waals surface area contributed by atoms with Gasteiger partial charge in [-0.2, -0.15) is 18.7 Å². The minimum absolute atomic E-state index is 0.0457. The predicted molar refractivity (Wildman–Crippen MR) is 76.0 cm³/mol. The van der Waals surface area contributed by atoms with E-state index in [1.807, 2.05) is 19.3 Å². The second-order valence-electron chi connectivity index (χ2n) is 5.46. The van der Waals surface area contributed by atoms with E-state index >= 15 is 0 Å². The quantitative estimate of drug-likeness (QED) is 0.839. The van der Waals surface area contributed by atoms with E-state index in [1.54, 1.807) is 23.1 Å². The Morgan fingerprint density at radius 3 is 2.41 bits per heavy atom. The highest BCUT2D eigenvalue weighted by atomic mass is 19.4. The Balaban J connectivity index is 2.54. The molecule has 0 aromatic heterocycles. The molecule has 0 saturated carbocycles. The molecule has 0 spiro atoms. The number of carbonyl (C=O) groups excluding carboxylic acids is 1. The number of amides is 1. The lowest BCUT2D eigenvalue weighted by atomic mass is 10.2. The van der Waals surface area contributed by atoms with Crippen LogP contribution in [0.3, 0.4) is 0 Å². The number of para-hydroxylation sites is 2. The average molecular weight is 317 g/mol. The fourth-order valence-electron chi connectivity index (χ4n) is 2.54. The number of rotatable bonds is 3. The third-order valence-corrected chi connectivity index (χ3v) is 3.54. The molecule has 1 aliphatic rings. The number of halogens is 3. The van der Waals surface area contributed by atoms with Gasteiger partial charge in [-0.25, -0.2) is 0 Å². The van der Waals surface area contributed by atoms with Crippen molar-refractivity contribution < 1.29 is 23.2 Å². The van der Waals surface area contributed by atoms with Gasteiger partial charge in [-0.15, -0.1) is 0 Å². The maximum Gasteiger partial charge on any atom is 0.406 e. The zero-order chi connectivity index (χ0) is 16.5. The predicted octanol–water partition coefficient (Wildman–Crippen LogP) is 2.16. The van der Waals surface area contributed by atoms with E-state index in [0.717, 1.165) is 0 Å². The molecule has 5 nitrogen and oxygen atoms in total. The summed E-state index contributed by atoms with van der Waals surface area (Å²) in [6, 6.07) is 5.27. The van der Waals surface area contributed by atoms with Crippen LogP contribution in [0.4, 0.5) is 24.5 Å². The minimum Gasteiger partial charge on any atom is -0.365 e. The first-order valence-electron chi connectivity index (χ1n) is 6.88. The summed E-state index contributed by atoms with van der Waals surface area (Å²) >= 11 is 0. The molecule has 0 bridgehead atoms. The molecule has 0 unspecified atom stereocenters. The number of hydrogen-bond donors (Lipinski definition) is 2. The van der Waals surface area contributed by atoms with Gasteiger partial charge in [-0.05, 0) is 26.0 Å². The highest BCUT2D eigenvalue weighted by Crippen LogP contribution is 2.35. The zero-order valence-electron chi connectivity index (χ0n) is 12.3. The topological polar surface area (TPSA) is 55.8 Å². The summed E-state index contributed by atoms with van der Waals surface area (Å²) in [4.78, 5) is 14.8. The minimum atomic E-state index is -4.53. The van der Waals surface area contributed by atoms with Crippen molar-refractivity contribution in [3.8, 4) is 0 Å². The zero-order valence-corrected chi connectivity index (χ0v) is 12.3. The van der Waals surface area contributed by atoms with Crippen molar-refractivity contribution in [1.82, 2.24) is 5.48 Å². The van der Waals surface area contributed by atoms with Crippen LogP contribution in [0.25, 0.3) is 0 Å². The fraction of sp³-hybridized carbons (Fsp3) is 0.500. The Labute approximate surface area is 126 Å². The normalized spacial score (nSPS) is 19.4. The molecule has 1 atom stereocenters. The Morgan fingerprint density at radius 2 is 1.91 bits per heavy atom. The lowest BCUT2D eigenvalue weighted by Gasteiger charge is -2.30. The Morgan fingerprint density at radius 1 is 1.32 bits per heavy atom. The molecule has 0 fully saturated rings. The fourth-order valence-corrected chi connectivity index (χ4v) is 2.54. The molecular formula is C14H18F3N3O2. The lowest BCUT2D eigenvalue weighted by molar-refractivity contribution is -0.134. The number of nitrogens with one attached hydrogen (secondary N) is 1. The maximum absolute atomic E-state index is 12.8. The van der Waals surface area contributed by atoms with Crippen LogP contribution in [0.2, 0.25) is 0 Å². The van der Waals surface area contributed by atoms with Gasteiger partial charge in [-0.1, -0.05) is 12.1 Å². The van der Waals surface area contributed by atoms with Gasteiger partial charge in [0.15, 0.2) is 0 Å². The van der Waals surface area contributed by atoms with Gasteiger partial charge >= 0.3 is 6.18 Å². The molecule has 1 aromatic rings. The molecule has 1 aliphatic heterocycles. The number of anilines is 2. The number of carbonyl (C=O) groups is 1. The highest BCUT2D eigenvalue weighted by molar-refractivity contribution is 6.02. The van der Waals surface area contributed by atoms with E-state index in [1.165, 1.54) is 6.07 Å². The van der Waals surface area contributed by atoms with Crippen molar-refractivity contribution in [3.63, 3.8) is 0 Å². The highest BCUT2D eigenvalue weighted by Gasteiger charge is 2.40. The molecule has 22 heavy (non-hydrogen) atoms. The average Bonchev–Trinajstić information content (AvgIpc) is 2.54. The van der Waals surface area contributed by atoms with Crippen LogP contribution in [0.15, 0.2) is 24.3 Å². The molecule has 122 valence electrons. The summed E-state index contributed by atoms with van der Waals surface area (Å²) in [5, 5.41) is 9.18. The van der Waals surface area contributed by atoms with Crippen LogP contribution in [0, 0.1) is 0 Å². The van der Waals surface area contributed by atoms with E-state index in [-0.39, 0.29) is 18.3 Å². The smallest absolute Gasteiger partial charge is 0.365 e. The van der Waals surface area contributed by atoms with Crippen molar-refractivity contribution in [3.05, 3.63) is 24.3 Å². The van der Waals surface area contributed by atoms with Crippen LogP contribution in [0.5, 0.6) is 0 Å². The molecule has 1 amide bonds. The van der Waals surface area contributed by atoms with Crippen LogP contribution in [-0.4, -0.2) is 42.5 Å². The molecular weight excluding hydrogens is 299 g/mol. The van der Waals surface area contributed by atoms with Gasteiger partial charge in [0.25, 0.3) is 0 Å². The van der Waals surface area contributed by atoms with E-state index < -0.39 is 24.7 Å². The first kappa shape index (κ1) is 16.6. The molecule has 2 N–H and O–H groups in total. The van der Waals surface area contributed by atoms with Crippen LogP contribution in [-0.2, 0) is 4.79 Å². The standard InChI is InChI=1S/C14H18F3N3O2/c1-9(2)19-7-10(18-22)13(21)20(8-14(15,16)17)12-6-4-3-5-11(12)19/h3-6,9-10,18,22H,7-8H2,1-2H3/t10-/m1/s1. The van der Waals surface area contributed by atoms with Gasteiger partial charge in [0.1, 0.15) is 12.6 Å². The van der Waals surface area contributed by atoms with Gasteiger partial charge in [-0.3, -0.25) is 9.69 Å². The molecule has 0 aliphatic carbocycles. The SMILES string of the molecule is CC(C)N1C[C@@H](NO)C(=O)N(CC(F)(F)F)c2ccccc21. The Kier molecular flexibility index (Phi) is 4.62. The number of hydrogen-bond acceptors (Lipinski definition) is 4. The summed E-state index contributed by atoms with van der Waals surface area (Å²) in [6.45, 7) is 2.43. The van der Waals surface area contributed by atoms with E-state index in [4.69, 9.17) is 0 Å². The largest absolute Gasteiger partial charge is 0.406 e. The summed E-state index contributed by atoms with van der Waals surface area (Å²) in [5.41, 5.74) is 2.55. The summed E-state index contributed by atoms with van der Waals surface area (Å²) in [6.07, 6.45) is -4.53. The molecule has 8 heteroatoms. The molecule has 1 aromatic carbocycles. The number of nitrogens with zero attached hydrogens (tertiary/aromatic N) is 2. The maximum atomic E-state index is 12.8. The van der Waals surface area contributed by atoms with E-state index in [9.17, 15) is 23.2 Å². The van der Waals surface area contributed by atoms with E-state index in [0.29, 0.717) is 10.6 Å². The monoisotopic (exact) mass is 317 g/mol. The van der Waals surface area contributed by atoms with Gasteiger partial charge in [0.05, 0.1) is 11.4 Å². The first-order valence-corrected chi connectivity index (χ1v) is 6.88. The molecule has 0 saturated heterocycles. The van der Waals surface area contributed by atoms with E-state index in [2.05, 4.69) is 0 Å². The second-order valence-corrected chi connectivity index (χ2v) is 5.46. The molecule has 2 rings (SSSR count). The lowest BCUT2D eigenvalue weighted by Crippen LogP contribution is -2.51. The number of benzene rings is 1. The number of alkyl halides is 3.